The topological polar surface area (TPSA) is 26.3 Å². The number of thioether (sulfide) groups is 1. The third kappa shape index (κ3) is 5.43. The highest BCUT2D eigenvalue weighted by Crippen LogP contribution is 2.67. The van der Waals surface area contributed by atoms with Crippen molar-refractivity contribution in [2.24, 2.45) is 46.3 Å². The molecule has 3 fully saturated rings. The molecule has 4 aliphatic rings. The van der Waals surface area contributed by atoms with Crippen molar-refractivity contribution in [3.63, 3.8) is 0 Å². The second kappa shape index (κ2) is 11.4. The number of ether oxygens (including phenoxy) is 1. The van der Waals surface area contributed by atoms with Gasteiger partial charge in [0.15, 0.2) is 0 Å². The Hall–Kier alpha value is 0.290. The molecule has 2 nitrogen and oxygen atoms in total. The van der Waals surface area contributed by atoms with E-state index in [1.807, 2.05) is 0 Å². The molecule has 7 unspecified atom stereocenters. The lowest BCUT2D eigenvalue weighted by molar-refractivity contribution is -0.148. The van der Waals surface area contributed by atoms with E-state index in [9.17, 15) is 4.79 Å². The summed E-state index contributed by atoms with van der Waals surface area (Å²) in [6, 6.07) is 0. The van der Waals surface area contributed by atoms with Crippen LogP contribution < -0.4 is 0 Å². The summed E-state index contributed by atoms with van der Waals surface area (Å²) in [5, 5.41) is 0. The fourth-order valence-corrected chi connectivity index (χ4v) is 10.1. The first-order chi connectivity index (χ1) is 16.2. The summed E-state index contributed by atoms with van der Waals surface area (Å²) in [5.74, 6) is 5.76. The fraction of sp³-hybridized carbons (Fsp3) is 0.900. The smallest absolute Gasteiger partial charge is 0.316 e. The molecule has 4 heteroatoms. The maximum Gasteiger partial charge on any atom is 0.316 e. The van der Waals surface area contributed by atoms with Crippen LogP contribution in [0.3, 0.4) is 0 Å². The predicted octanol–water partition coefficient (Wildman–Crippen LogP) is 9.07. The van der Waals surface area contributed by atoms with E-state index in [0.29, 0.717) is 16.6 Å². The van der Waals surface area contributed by atoms with Crippen LogP contribution in [0.1, 0.15) is 105 Å². The minimum atomic E-state index is -0.0162. The number of rotatable bonds is 9. The van der Waals surface area contributed by atoms with E-state index >= 15 is 0 Å². The summed E-state index contributed by atoms with van der Waals surface area (Å²) >= 11 is 3.96. The van der Waals surface area contributed by atoms with Gasteiger partial charge in [0.2, 0.25) is 0 Å². The molecule has 0 aliphatic heterocycles. The van der Waals surface area contributed by atoms with Gasteiger partial charge in [-0.25, -0.2) is 0 Å². The van der Waals surface area contributed by atoms with Crippen LogP contribution in [0.2, 0.25) is 0 Å². The van der Waals surface area contributed by atoms with Gasteiger partial charge in [0.25, 0.3) is 0 Å². The van der Waals surface area contributed by atoms with E-state index in [2.05, 4.69) is 63.3 Å². The van der Waals surface area contributed by atoms with Crippen LogP contribution in [0.5, 0.6) is 0 Å². The highest BCUT2D eigenvalue weighted by atomic mass is 127. The number of halogens is 1. The Morgan fingerprint density at radius 3 is 2.65 bits per heavy atom. The summed E-state index contributed by atoms with van der Waals surface area (Å²) in [7, 11) is 0. The zero-order valence-corrected chi connectivity index (χ0v) is 25.4. The average Bonchev–Trinajstić information content (AvgIpc) is 3.15. The Bertz CT molecular complexity index is 750. The molecule has 0 saturated heterocycles. The Kier molecular flexibility index (Phi) is 9.13. The van der Waals surface area contributed by atoms with E-state index < -0.39 is 0 Å². The minimum absolute atomic E-state index is 0.0162. The molecule has 0 N–H and O–H groups in total. The van der Waals surface area contributed by atoms with Gasteiger partial charge >= 0.3 is 5.97 Å². The van der Waals surface area contributed by atoms with Crippen molar-refractivity contribution in [3.05, 3.63) is 11.6 Å². The van der Waals surface area contributed by atoms with Crippen molar-refractivity contribution in [1.29, 1.82) is 0 Å². The van der Waals surface area contributed by atoms with Crippen LogP contribution in [0.25, 0.3) is 0 Å². The Labute approximate surface area is 227 Å². The molecule has 0 aromatic rings. The number of esters is 1. The zero-order valence-electron chi connectivity index (χ0n) is 22.4. The van der Waals surface area contributed by atoms with Gasteiger partial charge in [-0.1, -0.05) is 88.1 Å². The maximum atomic E-state index is 12.2. The third-order valence-electron chi connectivity index (χ3n) is 10.9. The van der Waals surface area contributed by atoms with Gasteiger partial charge < -0.3 is 4.74 Å². The summed E-state index contributed by atoms with van der Waals surface area (Å²) in [5.41, 5.74) is 2.52. The summed E-state index contributed by atoms with van der Waals surface area (Å²) in [4.78, 5) is 12.2. The first-order valence-corrected chi connectivity index (χ1v) is 16.9. The minimum Gasteiger partial charge on any atom is -0.461 e. The van der Waals surface area contributed by atoms with Crippen molar-refractivity contribution in [1.82, 2.24) is 0 Å². The molecule has 0 aromatic heterocycles. The van der Waals surface area contributed by atoms with Crippen LogP contribution in [-0.4, -0.2) is 21.6 Å². The first-order valence-electron chi connectivity index (χ1n) is 14.2. The number of hydrogen-bond acceptors (Lipinski definition) is 3. The molecule has 3 saturated carbocycles. The lowest BCUT2D eigenvalue weighted by Gasteiger charge is -2.58. The number of hydrogen-bond donors (Lipinski definition) is 0. The summed E-state index contributed by atoms with van der Waals surface area (Å²) in [6.07, 6.45) is 17.2. The SMILES string of the molecule is CC(C)CCC[C@H](C)C1CCC2C3CC=C4CC(OC(=O)CSCI)CCC4(C)C3CCC21C. The van der Waals surface area contributed by atoms with E-state index in [0.717, 1.165) is 52.1 Å². The van der Waals surface area contributed by atoms with Crippen LogP contribution in [0, 0.1) is 46.3 Å². The molecule has 194 valence electrons. The summed E-state index contributed by atoms with van der Waals surface area (Å²) < 4.78 is 6.84. The number of carbonyl (C=O) groups is 1. The number of allylic oxidation sites excluding steroid dienone is 1. The van der Waals surface area contributed by atoms with Crippen LogP contribution in [-0.2, 0) is 9.53 Å². The van der Waals surface area contributed by atoms with Gasteiger partial charge in [-0.15, -0.1) is 11.8 Å². The Balaban J connectivity index is 1.41. The van der Waals surface area contributed by atoms with Crippen LogP contribution in [0.15, 0.2) is 11.6 Å². The molecule has 0 heterocycles. The van der Waals surface area contributed by atoms with Gasteiger partial charge in [-0.2, -0.15) is 0 Å². The molecule has 8 atom stereocenters. The normalized spacial score (nSPS) is 40.2. The molecule has 4 aliphatic carbocycles. The molecular weight excluding hydrogens is 551 g/mol. The third-order valence-corrected chi connectivity index (χ3v) is 12.8. The van der Waals surface area contributed by atoms with Gasteiger partial charge in [-0.05, 0) is 91.3 Å². The van der Waals surface area contributed by atoms with E-state index in [4.69, 9.17) is 4.74 Å². The summed E-state index contributed by atoms with van der Waals surface area (Å²) in [6.45, 7) is 12.6. The molecule has 4 rings (SSSR count). The second-order valence-electron chi connectivity index (χ2n) is 13.1. The number of fused-ring (bicyclic) bond motifs is 5. The van der Waals surface area contributed by atoms with E-state index in [1.165, 1.54) is 57.8 Å². The largest absolute Gasteiger partial charge is 0.461 e. The van der Waals surface area contributed by atoms with Crippen LogP contribution >= 0.6 is 34.4 Å². The van der Waals surface area contributed by atoms with Gasteiger partial charge in [0.05, 0.1) is 5.75 Å². The van der Waals surface area contributed by atoms with Crippen molar-refractivity contribution in [3.8, 4) is 0 Å². The fourth-order valence-electron chi connectivity index (χ4n) is 9.09. The van der Waals surface area contributed by atoms with Gasteiger partial charge in [-0.3, -0.25) is 4.79 Å². The Morgan fingerprint density at radius 2 is 1.91 bits per heavy atom. The van der Waals surface area contributed by atoms with E-state index in [-0.39, 0.29) is 12.1 Å². The number of alkyl halides is 1. The van der Waals surface area contributed by atoms with E-state index in [1.54, 1.807) is 17.3 Å². The molecule has 0 radical (unpaired) electrons. The monoisotopic (exact) mass is 600 g/mol. The van der Waals surface area contributed by atoms with Crippen molar-refractivity contribution in [2.75, 3.05) is 9.51 Å². The van der Waals surface area contributed by atoms with Gasteiger partial charge in [0.1, 0.15) is 6.10 Å². The van der Waals surface area contributed by atoms with Gasteiger partial charge in [0, 0.05) is 10.2 Å². The molecule has 0 amide bonds. The predicted molar refractivity (Wildman–Crippen MR) is 154 cm³/mol. The van der Waals surface area contributed by atoms with Crippen molar-refractivity contribution in [2.45, 2.75) is 111 Å². The lowest BCUT2D eigenvalue weighted by Crippen LogP contribution is -2.51. The Morgan fingerprint density at radius 1 is 1.12 bits per heavy atom. The van der Waals surface area contributed by atoms with Crippen molar-refractivity contribution < 1.29 is 9.53 Å². The highest BCUT2D eigenvalue weighted by Gasteiger charge is 2.59. The molecule has 0 spiro atoms. The first kappa shape index (κ1) is 27.3. The lowest BCUT2D eigenvalue weighted by atomic mass is 9.47. The maximum absolute atomic E-state index is 12.2. The molecule has 34 heavy (non-hydrogen) atoms. The van der Waals surface area contributed by atoms with Crippen molar-refractivity contribution >= 4 is 40.3 Å². The van der Waals surface area contributed by atoms with Crippen LogP contribution in [0.4, 0.5) is 0 Å². The molecule has 0 aromatic carbocycles. The average molecular weight is 601 g/mol. The second-order valence-corrected chi connectivity index (χ2v) is 15.9. The quantitative estimate of drug-likeness (QED) is 0.114. The number of carbonyl (C=O) groups excluding carboxylic acids is 1. The standard InChI is InChI=1S/C30H49IO2S/c1-20(2)7-6-8-21(3)25-11-12-26-24-10-9-22-17-23(33-28(32)18-34-19-31)13-15-29(22,4)27(24)14-16-30(25,26)5/h9,20-21,23-27H,6-8,10-19H2,1-5H3/t21-,23?,24?,25?,26?,27?,29?,30?/m0/s1. The highest BCUT2D eigenvalue weighted by molar-refractivity contribution is 14.1. The molecule has 0 bridgehead atoms. The zero-order chi connectivity index (χ0) is 24.5. The molecular formula is C30H49IO2S.